The van der Waals surface area contributed by atoms with Gasteiger partial charge in [-0.25, -0.2) is 0 Å². The van der Waals surface area contributed by atoms with Crippen molar-refractivity contribution >= 4 is 5.69 Å². The molecule has 0 spiro atoms. The smallest absolute Gasteiger partial charge is 0.677 e. The van der Waals surface area contributed by atoms with Crippen LogP contribution in [0, 0.1) is 77.0 Å². The summed E-state index contributed by atoms with van der Waals surface area (Å²) in [6.45, 7) is 4.37. The van der Waals surface area contributed by atoms with E-state index in [1.807, 2.05) is 82.4 Å². The van der Waals surface area contributed by atoms with Crippen LogP contribution < -0.4 is 0 Å². The summed E-state index contributed by atoms with van der Waals surface area (Å²) in [7, 11) is 0. The third-order valence-corrected chi connectivity index (χ3v) is 5.26. The van der Waals surface area contributed by atoms with Gasteiger partial charge in [-0.2, -0.15) is 5.92 Å². The van der Waals surface area contributed by atoms with Crippen molar-refractivity contribution < 1.29 is 26.2 Å². The molecule has 5 rings (SSSR count). The van der Waals surface area contributed by atoms with E-state index in [1.165, 1.54) is 12.0 Å². The molecule has 148 valence electrons. The Morgan fingerprint density at radius 1 is 0.667 bits per heavy atom. The van der Waals surface area contributed by atoms with Crippen molar-refractivity contribution in [3.05, 3.63) is 143 Å². The minimum atomic E-state index is -0.136. The molecule has 2 atom stereocenters. The molecule has 30 heavy (non-hydrogen) atoms. The Kier molecular flexibility index (Phi) is 12.0. The summed E-state index contributed by atoms with van der Waals surface area (Å²) in [5, 5.41) is 5.08. The van der Waals surface area contributed by atoms with Crippen LogP contribution in [0.2, 0.25) is 0 Å². The van der Waals surface area contributed by atoms with Crippen molar-refractivity contribution in [3.63, 3.8) is 0 Å². The summed E-state index contributed by atoms with van der Waals surface area (Å²) in [6.07, 6.45) is 23.5. The molecule has 3 aliphatic rings. The van der Waals surface area contributed by atoms with Gasteiger partial charge in [-0.05, 0) is 64.2 Å². The molecule has 3 saturated carbocycles. The molecule has 0 amide bonds. The summed E-state index contributed by atoms with van der Waals surface area (Å²) in [6, 6.07) is 20.9. The Labute approximate surface area is 204 Å². The van der Waals surface area contributed by atoms with Crippen molar-refractivity contribution in [1.82, 2.24) is 0 Å². The van der Waals surface area contributed by atoms with Gasteiger partial charge in [0.05, 0.1) is 0 Å². The standard InChI is InChI=1S/C18H19N.2C5H5.Zr/c1-15-9-8-14-18(15,16-10-4-2-5-11-16)19-17-12-6-3-7-13-17;2*1-2-4-5-3-1;/h2-7,10-13,15H,1,8-9,14H2;2*1-5H;/q-2;;;+4/t15-,18+;;;/m1.../s1. The summed E-state index contributed by atoms with van der Waals surface area (Å²) < 4.78 is 0. The van der Waals surface area contributed by atoms with Crippen LogP contribution in [0.3, 0.4) is 0 Å². The van der Waals surface area contributed by atoms with Crippen LogP contribution in [0.4, 0.5) is 5.69 Å². The predicted molar refractivity (Wildman–Crippen MR) is 123 cm³/mol. The quantitative estimate of drug-likeness (QED) is 0.419. The Morgan fingerprint density at radius 2 is 1.10 bits per heavy atom. The van der Waals surface area contributed by atoms with Crippen LogP contribution in [0.15, 0.2) is 60.7 Å². The SMILES string of the molecule is [CH2-][C@@H]1CCC[C@@]1([N-]c1ccccc1)c1ccccc1.[CH]1[CH][CH][CH][CH]1.[CH]1[CH][CH][CH][CH]1.[Zr+4]. The Hall–Kier alpha value is -0.877. The van der Waals surface area contributed by atoms with Gasteiger partial charge in [-0.1, -0.05) is 85.5 Å². The number of para-hydroxylation sites is 1. The van der Waals surface area contributed by atoms with E-state index in [1.54, 1.807) is 0 Å². The molecular weight excluding hydrogens is 442 g/mol. The van der Waals surface area contributed by atoms with E-state index in [4.69, 9.17) is 5.32 Å². The molecule has 2 aromatic rings. The Morgan fingerprint density at radius 3 is 1.50 bits per heavy atom. The van der Waals surface area contributed by atoms with Crippen LogP contribution in [-0.4, -0.2) is 0 Å². The summed E-state index contributed by atoms with van der Waals surface area (Å²) in [4.78, 5) is 0. The maximum Gasteiger partial charge on any atom is 4.00 e. The van der Waals surface area contributed by atoms with Gasteiger partial charge < -0.3 is 12.2 Å². The number of benzene rings is 2. The van der Waals surface area contributed by atoms with Crippen molar-refractivity contribution in [2.24, 2.45) is 5.92 Å². The number of hydrogen-bond acceptors (Lipinski definition) is 0. The second-order valence-corrected chi connectivity index (χ2v) is 7.25. The predicted octanol–water partition coefficient (Wildman–Crippen LogP) is 7.26. The molecule has 3 fully saturated rings. The zero-order valence-corrected chi connectivity index (χ0v) is 19.9. The third kappa shape index (κ3) is 7.67. The normalized spacial score (nSPS) is 24.6. The molecule has 2 heteroatoms. The van der Waals surface area contributed by atoms with Crippen LogP contribution >= 0.6 is 0 Å². The molecule has 0 saturated heterocycles. The first-order valence-electron chi connectivity index (χ1n) is 10.3. The van der Waals surface area contributed by atoms with E-state index >= 15 is 0 Å². The van der Waals surface area contributed by atoms with E-state index in [-0.39, 0.29) is 31.7 Å². The third-order valence-electron chi connectivity index (χ3n) is 5.26. The fraction of sp³-hybridized carbons (Fsp3) is 0.179. The van der Waals surface area contributed by atoms with Crippen LogP contribution in [-0.2, 0) is 31.7 Å². The largest absolute Gasteiger partial charge is 4.00 e. The molecule has 0 N–H and O–H groups in total. The van der Waals surface area contributed by atoms with Crippen LogP contribution in [0.1, 0.15) is 24.8 Å². The zero-order chi connectivity index (χ0) is 20.2. The molecule has 0 heterocycles. The first-order valence-corrected chi connectivity index (χ1v) is 10.3. The molecule has 2 aromatic carbocycles. The van der Waals surface area contributed by atoms with Crippen LogP contribution in [0.25, 0.3) is 5.32 Å². The van der Waals surface area contributed by atoms with Gasteiger partial charge in [0.2, 0.25) is 0 Å². The first-order chi connectivity index (χ1) is 14.3. The summed E-state index contributed by atoms with van der Waals surface area (Å²) in [5.74, 6) is 0.357. The maximum absolute atomic E-state index is 5.08. The minimum Gasteiger partial charge on any atom is -0.677 e. The van der Waals surface area contributed by atoms with Gasteiger partial charge >= 0.3 is 26.2 Å². The van der Waals surface area contributed by atoms with E-state index < -0.39 is 0 Å². The van der Waals surface area contributed by atoms with E-state index in [9.17, 15) is 0 Å². The molecular formula is C28H29NZr+2. The van der Waals surface area contributed by atoms with Gasteiger partial charge in [-0.3, -0.25) is 0 Å². The molecule has 0 bridgehead atoms. The van der Waals surface area contributed by atoms with Crippen molar-refractivity contribution in [2.45, 2.75) is 24.8 Å². The van der Waals surface area contributed by atoms with Crippen molar-refractivity contribution in [3.8, 4) is 0 Å². The monoisotopic (exact) mass is 469 g/mol. The Bertz CT molecular complexity index is 638. The molecule has 0 unspecified atom stereocenters. The van der Waals surface area contributed by atoms with Crippen molar-refractivity contribution in [2.75, 3.05) is 0 Å². The maximum atomic E-state index is 5.08. The number of hydrogen-bond donors (Lipinski definition) is 0. The van der Waals surface area contributed by atoms with Gasteiger partial charge in [0, 0.05) is 0 Å². The van der Waals surface area contributed by atoms with Crippen LogP contribution in [0.5, 0.6) is 0 Å². The van der Waals surface area contributed by atoms with Crippen molar-refractivity contribution in [1.29, 1.82) is 0 Å². The molecule has 0 aromatic heterocycles. The zero-order valence-electron chi connectivity index (χ0n) is 17.4. The molecule has 3 aliphatic carbocycles. The fourth-order valence-corrected chi connectivity index (χ4v) is 3.75. The topological polar surface area (TPSA) is 14.1 Å². The summed E-state index contributed by atoms with van der Waals surface area (Å²) in [5.41, 5.74) is 2.22. The minimum absolute atomic E-state index is 0. The summed E-state index contributed by atoms with van der Waals surface area (Å²) >= 11 is 0. The average Bonchev–Trinajstić information content (AvgIpc) is 3.56. The van der Waals surface area contributed by atoms with Gasteiger partial charge in [0.1, 0.15) is 0 Å². The average molecular weight is 471 g/mol. The molecule has 1 nitrogen and oxygen atoms in total. The number of nitrogens with zero attached hydrogens (tertiary/aromatic N) is 1. The Balaban J connectivity index is 0.000000239. The van der Waals surface area contributed by atoms with E-state index in [0.29, 0.717) is 5.92 Å². The fourth-order valence-electron chi connectivity index (χ4n) is 3.75. The second-order valence-electron chi connectivity index (χ2n) is 7.25. The molecule has 0 aliphatic heterocycles. The van der Waals surface area contributed by atoms with E-state index in [2.05, 4.69) is 49.4 Å². The van der Waals surface area contributed by atoms with Gasteiger partial charge in [-0.15, -0.1) is 11.2 Å². The first kappa shape index (κ1) is 25.4. The van der Waals surface area contributed by atoms with E-state index in [0.717, 1.165) is 18.5 Å². The van der Waals surface area contributed by atoms with Gasteiger partial charge in [0.15, 0.2) is 0 Å². The van der Waals surface area contributed by atoms with Gasteiger partial charge in [0.25, 0.3) is 0 Å². The second kappa shape index (κ2) is 14.2. The number of rotatable bonds is 3. The molecule has 10 radical (unpaired) electrons.